The van der Waals surface area contributed by atoms with Crippen molar-refractivity contribution in [2.75, 3.05) is 32.7 Å². The second-order valence-corrected chi connectivity index (χ2v) is 7.13. The standard InChI is InChI=1S/C19H29N3O2/c20-18-7-4-10-21(14-18)13-16-8-11-22(12-9-16)19(23)24-15-17-5-2-1-3-6-17/h1-3,5-6,16,18H,4,7-15,20H2. The summed E-state index contributed by atoms with van der Waals surface area (Å²) in [7, 11) is 0. The van der Waals surface area contributed by atoms with Crippen LogP contribution in [0.5, 0.6) is 0 Å². The summed E-state index contributed by atoms with van der Waals surface area (Å²) in [4.78, 5) is 16.5. The topological polar surface area (TPSA) is 58.8 Å². The van der Waals surface area contributed by atoms with Crippen LogP contribution in [-0.2, 0) is 11.3 Å². The van der Waals surface area contributed by atoms with Crippen LogP contribution in [0.3, 0.4) is 0 Å². The molecule has 0 aliphatic carbocycles. The van der Waals surface area contributed by atoms with Gasteiger partial charge in [0.25, 0.3) is 0 Å². The van der Waals surface area contributed by atoms with Crippen molar-refractivity contribution in [1.82, 2.24) is 9.80 Å². The molecule has 0 saturated carbocycles. The van der Waals surface area contributed by atoms with Gasteiger partial charge >= 0.3 is 6.09 Å². The Morgan fingerprint density at radius 3 is 2.58 bits per heavy atom. The molecule has 2 saturated heterocycles. The van der Waals surface area contributed by atoms with Crippen molar-refractivity contribution in [3.63, 3.8) is 0 Å². The number of likely N-dealkylation sites (tertiary alicyclic amines) is 2. The predicted octanol–water partition coefficient (Wildman–Crippen LogP) is 2.46. The largest absolute Gasteiger partial charge is 0.445 e. The minimum atomic E-state index is -0.183. The summed E-state index contributed by atoms with van der Waals surface area (Å²) in [5.41, 5.74) is 7.09. The van der Waals surface area contributed by atoms with E-state index in [2.05, 4.69) is 4.90 Å². The second-order valence-electron chi connectivity index (χ2n) is 7.13. The van der Waals surface area contributed by atoms with Gasteiger partial charge < -0.3 is 20.3 Å². The van der Waals surface area contributed by atoms with Gasteiger partial charge in [0.1, 0.15) is 6.61 Å². The van der Waals surface area contributed by atoms with E-state index in [4.69, 9.17) is 10.5 Å². The molecule has 0 aromatic heterocycles. The number of nitrogens with zero attached hydrogens (tertiary/aromatic N) is 2. The monoisotopic (exact) mass is 331 g/mol. The first kappa shape index (κ1) is 17.2. The maximum Gasteiger partial charge on any atom is 0.410 e. The van der Waals surface area contributed by atoms with Gasteiger partial charge in [-0.1, -0.05) is 30.3 Å². The van der Waals surface area contributed by atoms with Gasteiger partial charge in [-0.25, -0.2) is 4.79 Å². The summed E-state index contributed by atoms with van der Waals surface area (Å²) in [6, 6.07) is 10.2. The van der Waals surface area contributed by atoms with Gasteiger partial charge in [0.05, 0.1) is 0 Å². The highest BCUT2D eigenvalue weighted by atomic mass is 16.6. The van der Waals surface area contributed by atoms with E-state index in [1.165, 1.54) is 13.0 Å². The Labute approximate surface area is 144 Å². The van der Waals surface area contributed by atoms with Crippen LogP contribution in [0, 0.1) is 5.92 Å². The van der Waals surface area contributed by atoms with Crippen molar-refractivity contribution in [3.8, 4) is 0 Å². The smallest absolute Gasteiger partial charge is 0.410 e. The maximum atomic E-state index is 12.2. The molecular weight excluding hydrogens is 302 g/mol. The molecule has 3 rings (SSSR count). The molecule has 1 aromatic rings. The van der Waals surface area contributed by atoms with E-state index in [1.807, 2.05) is 35.2 Å². The highest BCUT2D eigenvalue weighted by Crippen LogP contribution is 2.21. The van der Waals surface area contributed by atoms with Crippen LogP contribution in [0.4, 0.5) is 4.79 Å². The van der Waals surface area contributed by atoms with Crippen molar-refractivity contribution in [2.24, 2.45) is 11.7 Å². The van der Waals surface area contributed by atoms with Gasteiger partial charge in [0.2, 0.25) is 0 Å². The van der Waals surface area contributed by atoms with E-state index in [0.29, 0.717) is 18.6 Å². The minimum Gasteiger partial charge on any atom is -0.445 e. The number of hydrogen-bond acceptors (Lipinski definition) is 4. The summed E-state index contributed by atoms with van der Waals surface area (Å²) < 4.78 is 5.43. The van der Waals surface area contributed by atoms with Crippen molar-refractivity contribution < 1.29 is 9.53 Å². The van der Waals surface area contributed by atoms with Gasteiger partial charge in [0.15, 0.2) is 0 Å². The number of benzene rings is 1. The molecule has 132 valence electrons. The Kier molecular flexibility index (Phi) is 6.10. The zero-order valence-corrected chi connectivity index (χ0v) is 14.4. The molecule has 1 aromatic carbocycles. The fourth-order valence-corrected chi connectivity index (χ4v) is 3.73. The molecule has 2 fully saturated rings. The summed E-state index contributed by atoms with van der Waals surface area (Å²) in [5, 5.41) is 0. The quantitative estimate of drug-likeness (QED) is 0.921. The average molecular weight is 331 g/mol. The third kappa shape index (κ3) is 4.95. The van der Waals surface area contributed by atoms with Crippen LogP contribution in [0.25, 0.3) is 0 Å². The zero-order chi connectivity index (χ0) is 16.8. The normalized spacial score (nSPS) is 23.2. The number of nitrogens with two attached hydrogens (primary N) is 1. The van der Waals surface area contributed by atoms with Gasteiger partial charge in [0, 0.05) is 32.2 Å². The third-order valence-electron chi connectivity index (χ3n) is 5.14. The SMILES string of the molecule is NC1CCCN(CC2CCN(C(=O)OCc3ccccc3)CC2)C1. The van der Waals surface area contributed by atoms with E-state index in [1.54, 1.807) is 0 Å². The molecule has 1 amide bonds. The highest BCUT2D eigenvalue weighted by Gasteiger charge is 2.26. The Bertz CT molecular complexity index is 515. The molecular formula is C19H29N3O2. The predicted molar refractivity (Wildman–Crippen MR) is 94.6 cm³/mol. The van der Waals surface area contributed by atoms with E-state index in [-0.39, 0.29) is 6.09 Å². The van der Waals surface area contributed by atoms with Gasteiger partial charge in [-0.05, 0) is 43.7 Å². The van der Waals surface area contributed by atoms with E-state index < -0.39 is 0 Å². The number of amides is 1. The molecule has 2 aliphatic rings. The van der Waals surface area contributed by atoms with Gasteiger partial charge in [-0.2, -0.15) is 0 Å². The zero-order valence-electron chi connectivity index (χ0n) is 14.4. The molecule has 2 heterocycles. The van der Waals surface area contributed by atoms with Crippen molar-refractivity contribution in [3.05, 3.63) is 35.9 Å². The molecule has 0 bridgehead atoms. The summed E-state index contributed by atoms with van der Waals surface area (Å²) >= 11 is 0. The molecule has 5 nitrogen and oxygen atoms in total. The lowest BCUT2D eigenvalue weighted by atomic mass is 9.95. The molecule has 0 spiro atoms. The molecule has 5 heteroatoms. The van der Waals surface area contributed by atoms with Crippen molar-refractivity contribution >= 4 is 6.09 Å². The first-order chi connectivity index (χ1) is 11.7. The van der Waals surface area contributed by atoms with Crippen molar-refractivity contribution in [2.45, 2.75) is 38.3 Å². The minimum absolute atomic E-state index is 0.183. The summed E-state index contributed by atoms with van der Waals surface area (Å²) in [5.74, 6) is 0.675. The summed E-state index contributed by atoms with van der Waals surface area (Å²) in [6.45, 7) is 5.29. The fraction of sp³-hybridized carbons (Fsp3) is 0.632. The summed E-state index contributed by atoms with van der Waals surface area (Å²) in [6.07, 6.45) is 4.31. The van der Waals surface area contributed by atoms with Crippen LogP contribution in [0.15, 0.2) is 30.3 Å². The lowest BCUT2D eigenvalue weighted by Crippen LogP contribution is -2.47. The molecule has 24 heavy (non-hydrogen) atoms. The number of carbonyl (C=O) groups is 1. The Morgan fingerprint density at radius 1 is 1.12 bits per heavy atom. The van der Waals surface area contributed by atoms with Crippen LogP contribution in [0.1, 0.15) is 31.2 Å². The Hall–Kier alpha value is -1.59. The number of ether oxygens (including phenoxy) is 1. The maximum absolute atomic E-state index is 12.2. The molecule has 2 aliphatic heterocycles. The van der Waals surface area contributed by atoms with Crippen molar-refractivity contribution in [1.29, 1.82) is 0 Å². The van der Waals surface area contributed by atoms with Crippen LogP contribution in [-0.4, -0.2) is 54.7 Å². The van der Waals surface area contributed by atoms with Gasteiger partial charge in [-0.15, -0.1) is 0 Å². The van der Waals surface area contributed by atoms with Crippen LogP contribution >= 0.6 is 0 Å². The number of rotatable bonds is 4. The number of hydrogen-bond donors (Lipinski definition) is 1. The first-order valence-electron chi connectivity index (χ1n) is 9.14. The third-order valence-corrected chi connectivity index (χ3v) is 5.14. The van der Waals surface area contributed by atoms with Gasteiger partial charge in [-0.3, -0.25) is 0 Å². The Balaban J connectivity index is 1.37. The molecule has 1 unspecified atom stereocenters. The first-order valence-corrected chi connectivity index (χ1v) is 9.14. The Morgan fingerprint density at radius 2 is 1.88 bits per heavy atom. The number of carbonyl (C=O) groups excluding carboxylic acids is 1. The van der Waals surface area contributed by atoms with Crippen LogP contribution < -0.4 is 5.73 Å². The molecule has 0 radical (unpaired) electrons. The van der Waals surface area contributed by atoms with Crippen LogP contribution in [0.2, 0.25) is 0 Å². The lowest BCUT2D eigenvalue weighted by molar-refractivity contribution is 0.0750. The molecule has 1 atom stereocenters. The second kappa shape index (κ2) is 8.49. The highest BCUT2D eigenvalue weighted by molar-refractivity contribution is 5.67. The average Bonchev–Trinajstić information content (AvgIpc) is 2.61. The van der Waals surface area contributed by atoms with E-state index in [0.717, 1.165) is 51.0 Å². The van der Waals surface area contributed by atoms with E-state index in [9.17, 15) is 4.79 Å². The van der Waals surface area contributed by atoms with E-state index >= 15 is 0 Å². The fourth-order valence-electron chi connectivity index (χ4n) is 3.73. The molecule has 2 N–H and O–H groups in total. The number of piperidine rings is 2. The lowest BCUT2D eigenvalue weighted by Gasteiger charge is -2.37.